The van der Waals surface area contributed by atoms with E-state index in [-0.39, 0.29) is 5.41 Å². The minimum absolute atomic E-state index is 0.227. The molecular weight excluding hydrogens is 234 g/mol. The van der Waals surface area contributed by atoms with Gasteiger partial charge in [0.15, 0.2) is 0 Å². The van der Waals surface area contributed by atoms with Crippen LogP contribution in [0.4, 0.5) is 0 Å². The van der Waals surface area contributed by atoms with Crippen LogP contribution in [0.1, 0.15) is 91.4 Å². The fourth-order valence-corrected chi connectivity index (χ4v) is 2.40. The van der Waals surface area contributed by atoms with E-state index in [2.05, 4.69) is 20.8 Å². The van der Waals surface area contributed by atoms with Crippen LogP contribution < -0.4 is 5.73 Å². The Morgan fingerprint density at radius 2 is 1.47 bits per heavy atom. The monoisotopic (exact) mass is 269 g/mol. The van der Waals surface area contributed by atoms with Gasteiger partial charge in [-0.1, -0.05) is 59.3 Å². The van der Waals surface area contributed by atoms with Crippen molar-refractivity contribution in [3.8, 4) is 0 Å². The molecule has 0 radical (unpaired) electrons. The van der Waals surface area contributed by atoms with Crippen LogP contribution in [0.3, 0.4) is 0 Å². The van der Waals surface area contributed by atoms with Crippen molar-refractivity contribution in [3.63, 3.8) is 0 Å². The molecule has 0 unspecified atom stereocenters. The van der Waals surface area contributed by atoms with Gasteiger partial charge in [0.25, 0.3) is 0 Å². The molecule has 0 aliphatic heterocycles. The molecule has 19 heavy (non-hydrogen) atoms. The normalized spacial score (nSPS) is 11.8. The smallest absolute Gasteiger partial charge is 0.132 e. The first-order valence-electron chi connectivity index (χ1n) is 8.23. The van der Waals surface area contributed by atoms with Crippen molar-refractivity contribution in [3.05, 3.63) is 0 Å². The van der Waals surface area contributed by atoms with E-state index in [1.54, 1.807) is 0 Å². The van der Waals surface area contributed by atoms with Gasteiger partial charge in [0, 0.05) is 12.8 Å². The molecule has 2 N–H and O–H groups in total. The quantitative estimate of drug-likeness (QED) is 0.486. The molecule has 0 saturated carbocycles. The molecule has 0 aliphatic carbocycles. The van der Waals surface area contributed by atoms with Crippen LogP contribution >= 0.6 is 0 Å². The molecular formula is C17H35NO. The van der Waals surface area contributed by atoms with Crippen LogP contribution in [-0.4, -0.2) is 12.3 Å². The molecule has 2 heteroatoms. The second-order valence-corrected chi connectivity index (χ2v) is 6.61. The Kier molecular flexibility index (Phi) is 11.2. The number of unbranched alkanes of at least 4 members (excludes halogenated alkanes) is 6. The summed E-state index contributed by atoms with van der Waals surface area (Å²) in [5, 5.41) is 0. The lowest BCUT2D eigenvalue weighted by molar-refractivity contribution is -0.119. The molecule has 114 valence electrons. The SMILES string of the molecule is CCCCCCCCCC(=O)CCC(C)(C)CCN. The number of hydrogen-bond donors (Lipinski definition) is 1. The van der Waals surface area contributed by atoms with Crippen molar-refractivity contribution in [2.75, 3.05) is 6.54 Å². The molecule has 0 atom stereocenters. The fourth-order valence-electron chi connectivity index (χ4n) is 2.40. The Morgan fingerprint density at radius 3 is 2.05 bits per heavy atom. The van der Waals surface area contributed by atoms with E-state index in [9.17, 15) is 4.79 Å². The lowest BCUT2D eigenvalue weighted by Gasteiger charge is -2.23. The zero-order valence-electron chi connectivity index (χ0n) is 13.5. The van der Waals surface area contributed by atoms with Gasteiger partial charge in [-0.25, -0.2) is 0 Å². The summed E-state index contributed by atoms with van der Waals surface area (Å²) in [6, 6.07) is 0. The summed E-state index contributed by atoms with van der Waals surface area (Å²) < 4.78 is 0. The van der Waals surface area contributed by atoms with Gasteiger partial charge >= 0.3 is 0 Å². The number of nitrogens with two attached hydrogens (primary N) is 1. The summed E-state index contributed by atoms with van der Waals surface area (Å²) in [6.45, 7) is 7.38. The molecule has 0 aromatic rings. The van der Waals surface area contributed by atoms with E-state index >= 15 is 0 Å². The van der Waals surface area contributed by atoms with Gasteiger partial charge in [0.1, 0.15) is 5.78 Å². The van der Waals surface area contributed by atoms with E-state index in [4.69, 9.17) is 5.73 Å². The lowest BCUT2D eigenvalue weighted by atomic mass is 9.83. The first-order valence-corrected chi connectivity index (χ1v) is 8.23. The van der Waals surface area contributed by atoms with Gasteiger partial charge in [-0.15, -0.1) is 0 Å². The van der Waals surface area contributed by atoms with Crippen molar-refractivity contribution in [2.45, 2.75) is 91.4 Å². The summed E-state index contributed by atoms with van der Waals surface area (Å²) >= 11 is 0. The summed E-state index contributed by atoms with van der Waals surface area (Å²) in [6.07, 6.45) is 12.5. The predicted octanol–water partition coefficient (Wildman–Crippen LogP) is 4.85. The second kappa shape index (κ2) is 11.5. The molecule has 0 saturated heterocycles. The molecule has 0 spiro atoms. The Labute approximate surface area is 120 Å². The van der Waals surface area contributed by atoms with Crippen molar-refractivity contribution in [2.24, 2.45) is 11.1 Å². The molecule has 0 aromatic carbocycles. The number of carbonyl (C=O) groups excluding carboxylic acids is 1. The first kappa shape index (κ1) is 18.6. The highest BCUT2D eigenvalue weighted by atomic mass is 16.1. The summed E-state index contributed by atoms with van der Waals surface area (Å²) in [7, 11) is 0. The minimum atomic E-state index is 0.227. The third-order valence-corrected chi connectivity index (χ3v) is 3.96. The largest absolute Gasteiger partial charge is 0.330 e. The zero-order chi connectivity index (χ0) is 14.6. The number of carbonyl (C=O) groups is 1. The van der Waals surface area contributed by atoms with Crippen LogP contribution in [0.2, 0.25) is 0 Å². The van der Waals surface area contributed by atoms with Crippen LogP contribution in [-0.2, 0) is 4.79 Å². The maximum Gasteiger partial charge on any atom is 0.132 e. The molecule has 0 amide bonds. The highest BCUT2D eigenvalue weighted by molar-refractivity contribution is 5.78. The van der Waals surface area contributed by atoms with Gasteiger partial charge in [0.05, 0.1) is 0 Å². The van der Waals surface area contributed by atoms with Crippen molar-refractivity contribution in [1.29, 1.82) is 0 Å². The Morgan fingerprint density at radius 1 is 0.895 bits per heavy atom. The summed E-state index contributed by atoms with van der Waals surface area (Å²) in [4.78, 5) is 11.8. The second-order valence-electron chi connectivity index (χ2n) is 6.61. The predicted molar refractivity (Wildman–Crippen MR) is 84.3 cm³/mol. The third kappa shape index (κ3) is 12.4. The first-order chi connectivity index (χ1) is 9.02. The molecule has 0 aliphatic rings. The highest BCUT2D eigenvalue weighted by Crippen LogP contribution is 2.26. The van der Waals surface area contributed by atoms with Crippen LogP contribution in [0.25, 0.3) is 0 Å². The highest BCUT2D eigenvalue weighted by Gasteiger charge is 2.17. The lowest BCUT2D eigenvalue weighted by Crippen LogP contribution is -2.18. The molecule has 2 nitrogen and oxygen atoms in total. The van der Waals surface area contributed by atoms with Crippen molar-refractivity contribution < 1.29 is 4.79 Å². The molecule has 0 heterocycles. The number of hydrogen-bond acceptors (Lipinski definition) is 2. The average molecular weight is 269 g/mol. The number of Topliss-reactive ketones (excluding diaryl/α,β-unsaturated/α-hetero) is 1. The Balaban J connectivity index is 3.44. The summed E-state index contributed by atoms with van der Waals surface area (Å²) in [5.74, 6) is 0.443. The van der Waals surface area contributed by atoms with Gasteiger partial charge in [0.2, 0.25) is 0 Å². The van der Waals surface area contributed by atoms with E-state index in [1.165, 1.54) is 38.5 Å². The zero-order valence-corrected chi connectivity index (χ0v) is 13.5. The number of ketones is 1. The van der Waals surface area contributed by atoms with E-state index in [0.717, 1.165) is 38.6 Å². The van der Waals surface area contributed by atoms with Crippen LogP contribution in [0.15, 0.2) is 0 Å². The van der Waals surface area contributed by atoms with E-state index in [1.807, 2.05) is 0 Å². The van der Waals surface area contributed by atoms with Gasteiger partial charge < -0.3 is 5.73 Å². The minimum Gasteiger partial charge on any atom is -0.330 e. The fraction of sp³-hybridized carbons (Fsp3) is 0.941. The van der Waals surface area contributed by atoms with Gasteiger partial charge in [-0.05, 0) is 31.2 Å². The van der Waals surface area contributed by atoms with Gasteiger partial charge in [-0.2, -0.15) is 0 Å². The maximum atomic E-state index is 11.8. The van der Waals surface area contributed by atoms with Crippen molar-refractivity contribution in [1.82, 2.24) is 0 Å². The molecule has 0 bridgehead atoms. The Hall–Kier alpha value is -0.370. The third-order valence-electron chi connectivity index (χ3n) is 3.96. The molecule has 0 fully saturated rings. The van der Waals surface area contributed by atoms with E-state index < -0.39 is 0 Å². The number of rotatable bonds is 13. The van der Waals surface area contributed by atoms with Crippen molar-refractivity contribution >= 4 is 5.78 Å². The average Bonchev–Trinajstić information content (AvgIpc) is 2.35. The topological polar surface area (TPSA) is 43.1 Å². The Bertz CT molecular complexity index is 223. The molecule has 0 rings (SSSR count). The van der Waals surface area contributed by atoms with Gasteiger partial charge in [-0.3, -0.25) is 4.79 Å². The van der Waals surface area contributed by atoms with Crippen LogP contribution in [0, 0.1) is 5.41 Å². The van der Waals surface area contributed by atoms with E-state index in [0.29, 0.717) is 5.78 Å². The van der Waals surface area contributed by atoms with Crippen LogP contribution in [0.5, 0.6) is 0 Å². The summed E-state index contributed by atoms with van der Waals surface area (Å²) in [5.41, 5.74) is 5.81. The molecule has 0 aromatic heterocycles. The standard InChI is InChI=1S/C17H35NO/c1-4-5-6-7-8-9-10-11-16(19)12-13-17(2,3)14-15-18/h4-15,18H2,1-3H3. The maximum absolute atomic E-state index is 11.8.